The molecule has 1 aliphatic heterocycles. The minimum absolute atomic E-state index is 0.0200. The Bertz CT molecular complexity index is 1890. The first-order valence-corrected chi connectivity index (χ1v) is 15.9. The average Bonchev–Trinajstić information content (AvgIpc) is 3.75. The molecule has 1 aliphatic rings. The lowest BCUT2D eigenvalue weighted by molar-refractivity contribution is -0.117. The van der Waals surface area contributed by atoms with E-state index in [9.17, 15) is 14.7 Å². The number of anilines is 1. The van der Waals surface area contributed by atoms with Crippen LogP contribution in [0.15, 0.2) is 82.5 Å². The van der Waals surface area contributed by atoms with Crippen LogP contribution in [0.3, 0.4) is 0 Å². The number of fused-ring (bicyclic) bond motifs is 2. The zero-order valence-electron chi connectivity index (χ0n) is 25.4. The van der Waals surface area contributed by atoms with E-state index in [1.807, 2.05) is 37.3 Å². The van der Waals surface area contributed by atoms with Crippen molar-refractivity contribution >= 4 is 49.3 Å². The Labute approximate surface area is 264 Å². The predicted molar refractivity (Wildman–Crippen MR) is 174 cm³/mol. The highest BCUT2D eigenvalue weighted by Gasteiger charge is 2.46. The largest absolute Gasteiger partial charge is 0.503 e. The second-order valence-corrected chi connectivity index (χ2v) is 11.7. The Kier molecular flexibility index (Phi) is 8.75. The van der Waals surface area contributed by atoms with E-state index in [0.29, 0.717) is 57.6 Å². The molecule has 0 spiro atoms. The van der Waals surface area contributed by atoms with Gasteiger partial charge in [-0.25, -0.2) is 4.98 Å². The van der Waals surface area contributed by atoms with Crippen molar-refractivity contribution in [3.05, 3.63) is 89.4 Å². The summed E-state index contributed by atoms with van der Waals surface area (Å²) in [5.74, 6) is -0.167. The van der Waals surface area contributed by atoms with Gasteiger partial charge in [-0.15, -0.1) is 0 Å². The van der Waals surface area contributed by atoms with Crippen LogP contribution in [0.2, 0.25) is 0 Å². The van der Waals surface area contributed by atoms with E-state index < -0.39 is 23.5 Å². The lowest BCUT2D eigenvalue weighted by Crippen LogP contribution is -2.30. The highest BCUT2D eigenvalue weighted by molar-refractivity contribution is 7.22. The van der Waals surface area contributed by atoms with Crippen molar-refractivity contribution in [2.24, 2.45) is 0 Å². The molecule has 0 radical (unpaired) electrons. The Morgan fingerprint density at radius 1 is 1.00 bits per heavy atom. The van der Waals surface area contributed by atoms with Crippen LogP contribution in [0.4, 0.5) is 5.13 Å². The van der Waals surface area contributed by atoms with Crippen molar-refractivity contribution in [2.45, 2.75) is 45.6 Å². The number of carbonyl (C=O) groups is 2. The van der Waals surface area contributed by atoms with Crippen LogP contribution < -0.4 is 19.1 Å². The van der Waals surface area contributed by atoms with Crippen LogP contribution in [0.5, 0.6) is 17.2 Å². The van der Waals surface area contributed by atoms with Gasteiger partial charge in [0, 0.05) is 5.39 Å². The van der Waals surface area contributed by atoms with Crippen molar-refractivity contribution in [1.82, 2.24) is 4.98 Å². The Morgan fingerprint density at radius 3 is 2.56 bits per heavy atom. The summed E-state index contributed by atoms with van der Waals surface area (Å²) < 4.78 is 23.7. The summed E-state index contributed by atoms with van der Waals surface area (Å²) in [4.78, 5) is 34.0. The third-order valence-electron chi connectivity index (χ3n) is 7.73. The molecule has 0 fully saturated rings. The molecule has 0 saturated carbocycles. The minimum atomic E-state index is -0.967. The normalized spacial score (nSPS) is 15.0. The van der Waals surface area contributed by atoms with Gasteiger partial charge >= 0.3 is 0 Å². The van der Waals surface area contributed by atoms with Crippen LogP contribution >= 0.6 is 11.3 Å². The fraction of sp³-hybridized carbons (Fsp3) is 0.286. The van der Waals surface area contributed by atoms with Gasteiger partial charge < -0.3 is 23.7 Å². The molecular formula is C35H34N2O7S. The van der Waals surface area contributed by atoms with E-state index in [0.717, 1.165) is 30.4 Å². The Morgan fingerprint density at radius 2 is 1.80 bits per heavy atom. The van der Waals surface area contributed by atoms with Crippen LogP contribution in [-0.4, -0.2) is 42.1 Å². The van der Waals surface area contributed by atoms with Gasteiger partial charge in [0.25, 0.3) is 5.91 Å². The van der Waals surface area contributed by atoms with Crippen LogP contribution in [0, 0.1) is 0 Å². The summed E-state index contributed by atoms with van der Waals surface area (Å²) >= 11 is 1.28. The summed E-state index contributed by atoms with van der Waals surface area (Å²) in [5.41, 5.74) is 1.58. The van der Waals surface area contributed by atoms with Crippen molar-refractivity contribution < 1.29 is 33.3 Å². The second-order valence-electron chi connectivity index (χ2n) is 10.7. The summed E-state index contributed by atoms with van der Waals surface area (Å²) in [6.07, 6.45) is 4.37. The number of unbranched alkanes of at least 4 members (excludes halogenated alkanes) is 3. The number of thiazole rings is 1. The number of benzene rings is 3. The number of aromatic nitrogens is 1. The molecule has 5 aromatic rings. The number of furan rings is 1. The highest BCUT2D eigenvalue weighted by Crippen LogP contribution is 2.45. The van der Waals surface area contributed by atoms with Crippen molar-refractivity contribution in [1.29, 1.82) is 0 Å². The number of rotatable bonds is 13. The molecule has 3 heterocycles. The van der Waals surface area contributed by atoms with E-state index in [4.69, 9.17) is 23.6 Å². The Hall–Kier alpha value is -4.83. The van der Waals surface area contributed by atoms with Crippen LogP contribution in [0.1, 0.15) is 61.7 Å². The molecule has 1 unspecified atom stereocenters. The van der Waals surface area contributed by atoms with Crippen molar-refractivity contribution in [2.75, 3.05) is 25.2 Å². The summed E-state index contributed by atoms with van der Waals surface area (Å²) in [6, 6.07) is 18.7. The van der Waals surface area contributed by atoms with Crippen molar-refractivity contribution in [3.8, 4) is 17.2 Å². The van der Waals surface area contributed by atoms with Crippen LogP contribution in [0.25, 0.3) is 21.2 Å². The monoisotopic (exact) mass is 626 g/mol. The number of aliphatic hydroxyl groups is 1. The maximum absolute atomic E-state index is 14.1. The molecule has 1 amide bonds. The van der Waals surface area contributed by atoms with E-state index in [-0.39, 0.29) is 11.3 Å². The van der Waals surface area contributed by atoms with E-state index in [1.165, 1.54) is 23.3 Å². The first-order valence-electron chi connectivity index (χ1n) is 15.1. The second kappa shape index (κ2) is 13.0. The quantitative estimate of drug-likeness (QED) is 0.103. The number of para-hydroxylation sites is 1. The molecule has 1 N–H and O–H groups in total. The van der Waals surface area contributed by atoms with Gasteiger partial charge in [0.15, 0.2) is 28.0 Å². The standard InChI is InChI=1S/C35H34N2O7S/c1-4-6-7-8-18-43-23-14-12-21(13-15-23)30-29(31(38)27-19-22-10-9-11-26(41-3)33(22)44-27)32(39)34(40)37(30)35-36-25-17-16-24(42-5-2)20-28(25)45-35/h9-17,19-20,30,39H,4-8,18H2,1-3H3. The maximum atomic E-state index is 14.1. The molecule has 10 heteroatoms. The molecule has 0 aliphatic carbocycles. The number of hydrogen-bond donors (Lipinski definition) is 1. The maximum Gasteiger partial charge on any atom is 0.296 e. The fourth-order valence-electron chi connectivity index (χ4n) is 5.51. The van der Waals surface area contributed by atoms with Gasteiger partial charge in [0.1, 0.15) is 11.5 Å². The van der Waals surface area contributed by atoms with Crippen LogP contribution in [-0.2, 0) is 4.79 Å². The zero-order chi connectivity index (χ0) is 31.5. The molecule has 0 saturated heterocycles. The highest BCUT2D eigenvalue weighted by atomic mass is 32.1. The number of carbonyl (C=O) groups excluding carboxylic acids is 2. The number of aliphatic hydroxyl groups excluding tert-OH is 1. The van der Waals surface area contributed by atoms with Gasteiger partial charge in [-0.05, 0) is 61.4 Å². The average molecular weight is 627 g/mol. The summed E-state index contributed by atoms with van der Waals surface area (Å²) in [5, 5.41) is 12.3. The third-order valence-corrected chi connectivity index (χ3v) is 8.75. The van der Waals surface area contributed by atoms with Gasteiger partial charge in [0.2, 0.25) is 5.78 Å². The SMILES string of the molecule is CCCCCCOc1ccc(C2C(C(=O)c3cc4cccc(OC)c4o3)=C(O)C(=O)N2c2nc3ccc(OCC)cc3s2)cc1. The van der Waals surface area contributed by atoms with E-state index in [2.05, 4.69) is 6.92 Å². The molecule has 2 aromatic heterocycles. The molecule has 3 aromatic carbocycles. The molecule has 232 valence electrons. The number of nitrogens with zero attached hydrogens (tertiary/aromatic N) is 2. The van der Waals surface area contributed by atoms with Gasteiger partial charge in [0.05, 0.1) is 42.2 Å². The van der Waals surface area contributed by atoms with E-state index in [1.54, 1.807) is 36.4 Å². The first kappa shape index (κ1) is 30.2. The number of ether oxygens (including phenoxy) is 3. The third kappa shape index (κ3) is 5.85. The molecule has 1 atom stereocenters. The number of amides is 1. The molecule has 9 nitrogen and oxygen atoms in total. The van der Waals surface area contributed by atoms with E-state index >= 15 is 0 Å². The number of hydrogen-bond acceptors (Lipinski definition) is 9. The topological polar surface area (TPSA) is 111 Å². The molecule has 0 bridgehead atoms. The van der Waals surface area contributed by atoms with Gasteiger partial charge in [-0.3, -0.25) is 14.5 Å². The number of Topliss-reactive ketones (excluding diaryl/α,β-unsaturated/α-hetero) is 1. The number of ketones is 1. The number of methoxy groups -OCH3 is 1. The molecule has 6 rings (SSSR count). The first-order chi connectivity index (χ1) is 21.9. The van der Waals surface area contributed by atoms with Gasteiger partial charge in [-0.2, -0.15) is 0 Å². The Balaban J connectivity index is 1.39. The molecule has 45 heavy (non-hydrogen) atoms. The zero-order valence-corrected chi connectivity index (χ0v) is 26.2. The lowest BCUT2D eigenvalue weighted by atomic mass is 9.95. The van der Waals surface area contributed by atoms with Crippen molar-refractivity contribution in [3.63, 3.8) is 0 Å². The van der Waals surface area contributed by atoms with Gasteiger partial charge in [-0.1, -0.05) is 61.8 Å². The smallest absolute Gasteiger partial charge is 0.296 e. The minimum Gasteiger partial charge on any atom is -0.503 e. The molecular weight excluding hydrogens is 592 g/mol. The summed E-state index contributed by atoms with van der Waals surface area (Å²) in [7, 11) is 1.52. The lowest BCUT2D eigenvalue weighted by Gasteiger charge is -2.24. The fourth-order valence-corrected chi connectivity index (χ4v) is 6.53. The summed E-state index contributed by atoms with van der Waals surface area (Å²) in [6.45, 7) is 5.19. The predicted octanol–water partition coefficient (Wildman–Crippen LogP) is 8.19.